The first-order valence-corrected chi connectivity index (χ1v) is 7.05. The minimum atomic E-state index is -0.386. The zero-order valence-corrected chi connectivity index (χ0v) is 13.3. The van der Waals surface area contributed by atoms with Crippen LogP contribution in [0.25, 0.3) is 0 Å². The van der Waals surface area contributed by atoms with Gasteiger partial charge in [0.15, 0.2) is 0 Å². The first-order chi connectivity index (χ1) is 9.74. The Morgan fingerprint density at radius 2 is 2.14 bits per heavy atom. The Labute approximate surface area is 130 Å². The van der Waals surface area contributed by atoms with Crippen LogP contribution in [0.15, 0.2) is 24.7 Å². The van der Waals surface area contributed by atoms with Crippen LogP contribution in [-0.4, -0.2) is 26.2 Å². The van der Waals surface area contributed by atoms with E-state index in [0.29, 0.717) is 12.6 Å². The molecule has 21 heavy (non-hydrogen) atoms. The molecular weight excluding hydrogens is 293 g/mol. The van der Waals surface area contributed by atoms with Crippen molar-refractivity contribution >= 4 is 12.4 Å². The number of alkyl halides is 1. The molecule has 0 aliphatic heterocycles. The quantitative estimate of drug-likeness (QED) is 0.815. The van der Waals surface area contributed by atoms with E-state index in [4.69, 9.17) is 0 Å². The van der Waals surface area contributed by atoms with Gasteiger partial charge in [0.05, 0.1) is 18.4 Å². The standard InChI is InChI=1S/C14H22FN5.ClH/c1-3-12(2)20-14(4-6-17-20)10-16-8-13-9-18-19(11-13)7-5-15;/h4,6,9,11-12,16H,3,5,7-8,10H2,1-2H3;1H. The van der Waals surface area contributed by atoms with Crippen LogP contribution < -0.4 is 5.32 Å². The summed E-state index contributed by atoms with van der Waals surface area (Å²) in [4.78, 5) is 0. The van der Waals surface area contributed by atoms with Crippen LogP contribution >= 0.6 is 12.4 Å². The van der Waals surface area contributed by atoms with Gasteiger partial charge in [-0.15, -0.1) is 12.4 Å². The van der Waals surface area contributed by atoms with Crippen LogP contribution in [0.2, 0.25) is 0 Å². The lowest BCUT2D eigenvalue weighted by Crippen LogP contribution is -2.18. The highest BCUT2D eigenvalue weighted by molar-refractivity contribution is 5.85. The van der Waals surface area contributed by atoms with E-state index in [1.807, 2.05) is 18.5 Å². The molecule has 0 aliphatic carbocycles. The van der Waals surface area contributed by atoms with Gasteiger partial charge < -0.3 is 5.32 Å². The maximum Gasteiger partial charge on any atom is 0.109 e. The van der Waals surface area contributed by atoms with Crippen LogP contribution in [-0.2, 0) is 19.6 Å². The number of nitrogens with zero attached hydrogens (tertiary/aromatic N) is 4. The van der Waals surface area contributed by atoms with Gasteiger partial charge in [-0.05, 0) is 19.4 Å². The Morgan fingerprint density at radius 3 is 2.86 bits per heavy atom. The molecule has 0 amide bonds. The van der Waals surface area contributed by atoms with Crippen LogP contribution in [0, 0.1) is 0 Å². The van der Waals surface area contributed by atoms with Gasteiger partial charge in [0, 0.05) is 37.1 Å². The van der Waals surface area contributed by atoms with Gasteiger partial charge in [0.25, 0.3) is 0 Å². The highest BCUT2D eigenvalue weighted by Gasteiger charge is 2.08. The van der Waals surface area contributed by atoms with Gasteiger partial charge in [-0.25, -0.2) is 4.39 Å². The Kier molecular flexibility index (Phi) is 7.39. The van der Waals surface area contributed by atoms with Gasteiger partial charge in [0.2, 0.25) is 0 Å². The van der Waals surface area contributed by atoms with Crippen molar-refractivity contribution in [3.8, 4) is 0 Å². The molecule has 2 rings (SSSR count). The first-order valence-electron chi connectivity index (χ1n) is 7.05. The van der Waals surface area contributed by atoms with Crippen LogP contribution in [0.3, 0.4) is 0 Å². The normalized spacial score (nSPS) is 12.1. The first kappa shape index (κ1) is 17.7. The molecule has 1 N–H and O–H groups in total. The predicted molar refractivity (Wildman–Crippen MR) is 83.2 cm³/mol. The smallest absolute Gasteiger partial charge is 0.109 e. The molecule has 0 aliphatic rings. The van der Waals surface area contributed by atoms with Gasteiger partial charge in [-0.3, -0.25) is 9.36 Å². The number of aromatic nitrogens is 4. The maximum absolute atomic E-state index is 12.2. The van der Waals surface area contributed by atoms with Gasteiger partial charge in [-0.2, -0.15) is 10.2 Å². The van der Waals surface area contributed by atoms with Crippen molar-refractivity contribution in [2.75, 3.05) is 6.67 Å². The van der Waals surface area contributed by atoms with E-state index < -0.39 is 0 Å². The lowest BCUT2D eigenvalue weighted by atomic mass is 10.2. The lowest BCUT2D eigenvalue weighted by molar-refractivity contribution is 0.427. The SMILES string of the molecule is CCC(C)n1nccc1CNCc1cnn(CCF)c1.Cl. The molecule has 0 spiro atoms. The van der Waals surface area contributed by atoms with E-state index in [9.17, 15) is 4.39 Å². The second kappa shape index (κ2) is 8.79. The second-order valence-electron chi connectivity index (χ2n) is 4.93. The molecule has 0 aromatic carbocycles. The van der Waals surface area contributed by atoms with Crippen LogP contribution in [0.4, 0.5) is 4.39 Å². The van der Waals surface area contributed by atoms with Crippen molar-refractivity contribution in [2.24, 2.45) is 0 Å². The van der Waals surface area contributed by atoms with Crippen molar-refractivity contribution in [2.45, 2.75) is 45.9 Å². The third-order valence-corrected chi connectivity index (χ3v) is 3.40. The summed E-state index contributed by atoms with van der Waals surface area (Å²) >= 11 is 0. The summed E-state index contributed by atoms with van der Waals surface area (Å²) < 4.78 is 15.9. The van der Waals surface area contributed by atoms with Crippen molar-refractivity contribution in [1.82, 2.24) is 24.9 Å². The Morgan fingerprint density at radius 1 is 1.33 bits per heavy atom. The molecule has 7 heteroatoms. The fourth-order valence-electron chi connectivity index (χ4n) is 2.09. The lowest BCUT2D eigenvalue weighted by Gasteiger charge is -2.13. The molecule has 1 unspecified atom stereocenters. The molecule has 5 nitrogen and oxygen atoms in total. The monoisotopic (exact) mass is 315 g/mol. The number of nitrogens with one attached hydrogen (secondary N) is 1. The summed E-state index contributed by atoms with van der Waals surface area (Å²) in [6.07, 6.45) is 6.54. The third kappa shape index (κ3) is 4.82. The number of rotatable bonds is 8. The maximum atomic E-state index is 12.2. The molecule has 0 saturated heterocycles. The molecule has 1 atom stereocenters. The van der Waals surface area contributed by atoms with Gasteiger partial charge >= 0.3 is 0 Å². The minimum absolute atomic E-state index is 0. The summed E-state index contributed by atoms with van der Waals surface area (Å²) in [7, 11) is 0. The van der Waals surface area contributed by atoms with E-state index >= 15 is 0 Å². The van der Waals surface area contributed by atoms with Crippen LogP contribution in [0.1, 0.15) is 37.6 Å². The number of halogens is 2. The van der Waals surface area contributed by atoms with E-state index in [1.165, 1.54) is 5.69 Å². The molecule has 118 valence electrons. The predicted octanol–water partition coefficient (Wildman–Crippen LogP) is 2.73. The van der Waals surface area contributed by atoms with Gasteiger partial charge in [0.1, 0.15) is 6.67 Å². The Hall–Kier alpha value is -1.40. The van der Waals surface area contributed by atoms with Crippen molar-refractivity contribution < 1.29 is 4.39 Å². The zero-order valence-electron chi connectivity index (χ0n) is 12.5. The number of hydrogen-bond acceptors (Lipinski definition) is 3. The van der Waals surface area contributed by atoms with E-state index in [0.717, 1.165) is 25.1 Å². The fourth-order valence-corrected chi connectivity index (χ4v) is 2.09. The topological polar surface area (TPSA) is 47.7 Å². The summed E-state index contributed by atoms with van der Waals surface area (Å²) in [6, 6.07) is 2.44. The molecule has 2 aromatic rings. The van der Waals surface area contributed by atoms with E-state index in [-0.39, 0.29) is 19.1 Å². The molecular formula is C14H23ClFN5. The van der Waals surface area contributed by atoms with Crippen molar-refractivity contribution in [3.05, 3.63) is 35.9 Å². The molecule has 0 fully saturated rings. The Bertz CT molecular complexity index is 525. The number of aryl methyl sites for hydroxylation is 1. The summed E-state index contributed by atoms with van der Waals surface area (Å²) in [5.41, 5.74) is 2.24. The van der Waals surface area contributed by atoms with Crippen molar-refractivity contribution in [3.63, 3.8) is 0 Å². The minimum Gasteiger partial charge on any atom is -0.307 e. The fraction of sp³-hybridized carbons (Fsp3) is 0.571. The third-order valence-electron chi connectivity index (χ3n) is 3.40. The summed E-state index contributed by atoms with van der Waals surface area (Å²) in [5.74, 6) is 0. The van der Waals surface area contributed by atoms with Gasteiger partial charge in [-0.1, -0.05) is 6.92 Å². The van der Waals surface area contributed by atoms with Crippen LogP contribution in [0.5, 0.6) is 0 Å². The van der Waals surface area contributed by atoms with Crippen molar-refractivity contribution in [1.29, 1.82) is 0 Å². The average molecular weight is 316 g/mol. The average Bonchev–Trinajstić information content (AvgIpc) is 3.08. The molecule has 0 saturated carbocycles. The second-order valence-corrected chi connectivity index (χ2v) is 4.93. The summed E-state index contributed by atoms with van der Waals surface area (Å²) in [5, 5.41) is 11.8. The summed E-state index contributed by atoms with van der Waals surface area (Å²) in [6.45, 7) is 5.74. The molecule has 0 radical (unpaired) electrons. The largest absolute Gasteiger partial charge is 0.307 e. The molecule has 2 aromatic heterocycles. The number of hydrogen-bond donors (Lipinski definition) is 1. The Balaban J connectivity index is 0.00000220. The van der Waals surface area contributed by atoms with E-state index in [2.05, 4.69) is 34.0 Å². The van der Waals surface area contributed by atoms with E-state index in [1.54, 1.807) is 10.9 Å². The zero-order chi connectivity index (χ0) is 14.4. The highest BCUT2D eigenvalue weighted by atomic mass is 35.5. The highest BCUT2D eigenvalue weighted by Crippen LogP contribution is 2.12. The molecule has 2 heterocycles. The molecule has 0 bridgehead atoms.